The highest BCUT2D eigenvalue weighted by Crippen LogP contribution is 2.60. The molecule has 0 N–H and O–H groups in total. The fraction of sp³-hybridized carbons (Fsp3) is 0.300. The van der Waals surface area contributed by atoms with Crippen LogP contribution in [0.2, 0.25) is 0 Å². The molecule has 100 valence electrons. The molecule has 1 aliphatic rings. The first-order valence-corrected chi connectivity index (χ1v) is 7.40. The molecule has 0 spiro atoms. The Labute approximate surface area is 120 Å². The maximum absolute atomic E-state index is 2.39. The molecule has 20 heavy (non-hydrogen) atoms. The fourth-order valence-corrected chi connectivity index (χ4v) is 4.00. The van der Waals surface area contributed by atoms with Crippen molar-refractivity contribution in [3.63, 3.8) is 0 Å². The van der Waals surface area contributed by atoms with E-state index < -0.39 is 0 Å². The zero-order valence-corrected chi connectivity index (χ0v) is 12.6. The van der Waals surface area contributed by atoms with Gasteiger partial charge in [-0.1, -0.05) is 76.2 Å². The normalized spacial score (nSPS) is 18.8. The van der Waals surface area contributed by atoms with E-state index in [4.69, 9.17) is 0 Å². The van der Waals surface area contributed by atoms with Gasteiger partial charge >= 0.3 is 0 Å². The lowest BCUT2D eigenvalue weighted by atomic mass is 9.48. The Hall–Kier alpha value is -1.82. The summed E-state index contributed by atoms with van der Waals surface area (Å²) in [5, 5.41) is 5.66. The van der Waals surface area contributed by atoms with Crippen molar-refractivity contribution >= 4 is 21.5 Å². The van der Waals surface area contributed by atoms with Gasteiger partial charge in [-0.3, -0.25) is 0 Å². The van der Waals surface area contributed by atoms with Crippen LogP contribution in [0.25, 0.3) is 21.5 Å². The summed E-state index contributed by atoms with van der Waals surface area (Å²) >= 11 is 0. The third-order valence-corrected chi connectivity index (χ3v) is 5.75. The number of benzene rings is 3. The van der Waals surface area contributed by atoms with Gasteiger partial charge in [0.2, 0.25) is 0 Å². The van der Waals surface area contributed by atoms with Gasteiger partial charge in [-0.15, -0.1) is 0 Å². The van der Waals surface area contributed by atoms with E-state index in [0.717, 1.165) is 0 Å². The summed E-state index contributed by atoms with van der Waals surface area (Å²) in [7, 11) is 0. The van der Waals surface area contributed by atoms with Crippen LogP contribution in [-0.2, 0) is 10.8 Å². The highest BCUT2D eigenvalue weighted by atomic mass is 14.6. The van der Waals surface area contributed by atoms with Crippen LogP contribution in [0.1, 0.15) is 38.8 Å². The Balaban J connectivity index is 2.33. The average molecular weight is 260 g/mol. The highest BCUT2D eigenvalue weighted by molar-refractivity contribution is 6.13. The van der Waals surface area contributed by atoms with Crippen molar-refractivity contribution < 1.29 is 0 Å². The van der Waals surface area contributed by atoms with Gasteiger partial charge in [0.05, 0.1) is 0 Å². The third-order valence-electron chi connectivity index (χ3n) is 5.75. The summed E-state index contributed by atoms with van der Waals surface area (Å²) < 4.78 is 0. The van der Waals surface area contributed by atoms with Crippen molar-refractivity contribution in [2.75, 3.05) is 0 Å². The molecule has 0 heterocycles. The summed E-state index contributed by atoms with van der Waals surface area (Å²) in [6.45, 7) is 9.54. The predicted molar refractivity (Wildman–Crippen MR) is 87.5 cm³/mol. The standard InChI is InChI=1S/C20H20/c1-19(2)17-15-11-7-5-9-13(15)14-10-6-8-12-16(14)18(17)20(19,3)4/h5-12H,1-4H3. The number of hydrogen-bond acceptors (Lipinski definition) is 0. The van der Waals surface area contributed by atoms with Crippen LogP contribution in [0.15, 0.2) is 48.5 Å². The minimum atomic E-state index is 0.228. The van der Waals surface area contributed by atoms with Crippen molar-refractivity contribution in [3.05, 3.63) is 59.7 Å². The zero-order valence-electron chi connectivity index (χ0n) is 12.6. The summed E-state index contributed by atoms with van der Waals surface area (Å²) in [5.74, 6) is 0. The molecule has 0 unspecified atom stereocenters. The molecule has 0 saturated heterocycles. The van der Waals surface area contributed by atoms with E-state index in [1.165, 1.54) is 21.5 Å². The smallest absolute Gasteiger partial charge is 0.000240 e. The van der Waals surface area contributed by atoms with Gasteiger partial charge in [-0.05, 0) is 43.5 Å². The van der Waals surface area contributed by atoms with E-state index in [1.54, 1.807) is 11.1 Å². The lowest BCUT2D eigenvalue weighted by Gasteiger charge is -2.55. The van der Waals surface area contributed by atoms with E-state index in [1.807, 2.05) is 0 Å². The van der Waals surface area contributed by atoms with Crippen LogP contribution in [0.4, 0.5) is 0 Å². The molecule has 0 amide bonds. The predicted octanol–water partition coefficient (Wildman–Crippen LogP) is 5.56. The molecule has 0 atom stereocenters. The minimum Gasteiger partial charge on any atom is -0.0616 e. The van der Waals surface area contributed by atoms with Gasteiger partial charge < -0.3 is 0 Å². The minimum absolute atomic E-state index is 0.228. The SMILES string of the molecule is CC1(C)c2c(c3ccccc3c3ccccc23)C1(C)C. The lowest BCUT2D eigenvalue weighted by Crippen LogP contribution is -2.51. The van der Waals surface area contributed by atoms with Crippen molar-refractivity contribution in [2.24, 2.45) is 0 Å². The Morgan fingerprint density at radius 2 is 0.800 bits per heavy atom. The highest BCUT2D eigenvalue weighted by Gasteiger charge is 2.53. The number of rotatable bonds is 0. The van der Waals surface area contributed by atoms with Crippen molar-refractivity contribution in [1.29, 1.82) is 0 Å². The molecule has 0 heteroatoms. The quantitative estimate of drug-likeness (QED) is 0.464. The second kappa shape index (κ2) is 3.44. The Morgan fingerprint density at radius 1 is 0.500 bits per heavy atom. The van der Waals surface area contributed by atoms with Crippen LogP contribution in [0.5, 0.6) is 0 Å². The van der Waals surface area contributed by atoms with Crippen LogP contribution < -0.4 is 0 Å². The van der Waals surface area contributed by atoms with E-state index in [0.29, 0.717) is 0 Å². The molecule has 0 fully saturated rings. The van der Waals surface area contributed by atoms with Gasteiger partial charge in [0, 0.05) is 0 Å². The summed E-state index contributed by atoms with van der Waals surface area (Å²) in [4.78, 5) is 0. The second-order valence-corrected chi connectivity index (χ2v) is 7.09. The van der Waals surface area contributed by atoms with E-state index >= 15 is 0 Å². The number of fused-ring (bicyclic) bond motifs is 6. The largest absolute Gasteiger partial charge is 0.0616 e. The van der Waals surface area contributed by atoms with E-state index in [2.05, 4.69) is 76.2 Å². The molecule has 0 radical (unpaired) electrons. The van der Waals surface area contributed by atoms with Crippen LogP contribution >= 0.6 is 0 Å². The van der Waals surface area contributed by atoms with Gasteiger partial charge in [-0.25, -0.2) is 0 Å². The van der Waals surface area contributed by atoms with Crippen LogP contribution in [-0.4, -0.2) is 0 Å². The first kappa shape index (κ1) is 12.0. The van der Waals surface area contributed by atoms with Gasteiger partial charge in [0.1, 0.15) is 0 Å². The monoisotopic (exact) mass is 260 g/mol. The van der Waals surface area contributed by atoms with Crippen LogP contribution in [0, 0.1) is 0 Å². The first-order chi connectivity index (χ1) is 9.46. The summed E-state index contributed by atoms with van der Waals surface area (Å²) in [6, 6.07) is 17.7. The van der Waals surface area contributed by atoms with Crippen molar-refractivity contribution in [3.8, 4) is 0 Å². The molecule has 0 bridgehead atoms. The number of hydrogen-bond donors (Lipinski definition) is 0. The molecule has 1 aliphatic carbocycles. The molecule has 0 nitrogen and oxygen atoms in total. The molecule has 3 aromatic rings. The van der Waals surface area contributed by atoms with Crippen molar-refractivity contribution in [1.82, 2.24) is 0 Å². The summed E-state index contributed by atoms with van der Waals surface area (Å²) in [5.41, 5.74) is 3.56. The molecule has 0 saturated carbocycles. The van der Waals surface area contributed by atoms with Gasteiger partial charge in [0.25, 0.3) is 0 Å². The Morgan fingerprint density at radius 3 is 1.15 bits per heavy atom. The molecular weight excluding hydrogens is 240 g/mol. The molecular formula is C20H20. The summed E-state index contributed by atoms with van der Waals surface area (Å²) in [6.07, 6.45) is 0. The van der Waals surface area contributed by atoms with Gasteiger partial charge in [-0.2, -0.15) is 0 Å². The first-order valence-electron chi connectivity index (χ1n) is 7.40. The fourth-order valence-electron chi connectivity index (χ4n) is 4.00. The average Bonchev–Trinajstić information content (AvgIpc) is 2.45. The maximum atomic E-state index is 2.39. The van der Waals surface area contributed by atoms with Crippen molar-refractivity contribution in [2.45, 2.75) is 38.5 Å². The molecule has 0 aromatic heterocycles. The second-order valence-electron chi connectivity index (χ2n) is 7.09. The molecule has 3 aromatic carbocycles. The Kier molecular flexibility index (Phi) is 2.05. The van der Waals surface area contributed by atoms with Crippen LogP contribution in [0.3, 0.4) is 0 Å². The Bertz CT molecular complexity index is 778. The molecule has 0 aliphatic heterocycles. The topological polar surface area (TPSA) is 0 Å². The third kappa shape index (κ3) is 1.14. The molecule has 4 rings (SSSR count). The van der Waals surface area contributed by atoms with E-state index in [-0.39, 0.29) is 10.8 Å². The lowest BCUT2D eigenvalue weighted by molar-refractivity contribution is 0.249. The van der Waals surface area contributed by atoms with E-state index in [9.17, 15) is 0 Å². The zero-order chi connectivity index (χ0) is 14.1. The van der Waals surface area contributed by atoms with Gasteiger partial charge in [0.15, 0.2) is 0 Å². The maximum Gasteiger partial charge on any atom is -0.000240 e.